The Hall–Kier alpha value is -1.43. The van der Waals surface area contributed by atoms with Crippen LogP contribution in [0.15, 0.2) is 0 Å². The molecule has 6 nitrogen and oxygen atoms in total. The van der Waals surface area contributed by atoms with Gasteiger partial charge in [-0.3, -0.25) is 14.4 Å². The van der Waals surface area contributed by atoms with Crippen molar-refractivity contribution in [3.05, 3.63) is 0 Å². The average Bonchev–Trinajstić information content (AvgIpc) is 2.83. The predicted molar refractivity (Wildman–Crippen MR) is 97.3 cm³/mol. The van der Waals surface area contributed by atoms with Gasteiger partial charge >= 0.3 is 11.9 Å². The zero-order valence-electron chi connectivity index (χ0n) is 17.1. The number of esters is 2. The van der Waals surface area contributed by atoms with Gasteiger partial charge in [-0.2, -0.15) is 0 Å². The van der Waals surface area contributed by atoms with Gasteiger partial charge in [-0.25, -0.2) is 0 Å². The summed E-state index contributed by atoms with van der Waals surface area (Å²) in [6, 6.07) is 0. The van der Waals surface area contributed by atoms with Crippen LogP contribution in [0, 0.1) is 28.6 Å². The number of fused-ring (bicyclic) bond motifs is 1. The van der Waals surface area contributed by atoms with Gasteiger partial charge in [0, 0.05) is 25.7 Å². The summed E-state index contributed by atoms with van der Waals surface area (Å²) < 4.78 is 16.3. The number of hydrogen-bond donors (Lipinski definition) is 0. The van der Waals surface area contributed by atoms with Crippen LogP contribution >= 0.6 is 0 Å². The molecule has 3 fully saturated rings. The lowest BCUT2D eigenvalue weighted by Gasteiger charge is -2.49. The van der Waals surface area contributed by atoms with Crippen LogP contribution in [0.3, 0.4) is 0 Å². The first-order chi connectivity index (χ1) is 12.5. The fraction of sp³-hybridized carbons (Fsp3) is 0.857. The highest BCUT2D eigenvalue weighted by Crippen LogP contribution is 2.55. The minimum Gasteiger partial charge on any atom is -0.435 e. The molecule has 1 heterocycles. The number of rotatable bonds is 3. The van der Waals surface area contributed by atoms with E-state index in [0.29, 0.717) is 0 Å². The summed E-state index contributed by atoms with van der Waals surface area (Å²) in [5.74, 6) is -1.73. The Morgan fingerprint density at radius 2 is 1.63 bits per heavy atom. The van der Waals surface area contributed by atoms with Gasteiger partial charge in [-0.05, 0) is 42.9 Å². The summed E-state index contributed by atoms with van der Waals surface area (Å²) in [5.41, 5.74) is 0.177. The van der Waals surface area contributed by atoms with E-state index in [1.165, 1.54) is 20.3 Å². The monoisotopic (exact) mass is 380 g/mol. The first kappa shape index (κ1) is 20.3. The molecule has 0 aromatic carbocycles. The van der Waals surface area contributed by atoms with Crippen molar-refractivity contribution in [1.29, 1.82) is 0 Å². The molecule has 6 unspecified atom stereocenters. The second kappa shape index (κ2) is 7.19. The van der Waals surface area contributed by atoms with E-state index >= 15 is 0 Å². The molecule has 0 radical (unpaired) electrons. The van der Waals surface area contributed by atoms with Crippen molar-refractivity contribution in [1.82, 2.24) is 0 Å². The summed E-state index contributed by atoms with van der Waals surface area (Å²) >= 11 is 0. The number of ketones is 1. The smallest absolute Gasteiger partial charge is 0.304 e. The highest BCUT2D eigenvalue weighted by atomic mass is 16.8. The molecular weight excluding hydrogens is 348 g/mol. The Balaban J connectivity index is 1.84. The first-order valence-electron chi connectivity index (χ1n) is 10.1. The fourth-order valence-corrected chi connectivity index (χ4v) is 5.86. The molecule has 2 saturated carbocycles. The lowest BCUT2D eigenvalue weighted by molar-refractivity contribution is -0.214. The SMILES string of the molecule is CC(=O)OC1OC(OC(C)=O)C2C(=O)C(C3(C)CCCC(C)(C)C3)CCC12. The van der Waals surface area contributed by atoms with Gasteiger partial charge in [0.25, 0.3) is 0 Å². The van der Waals surface area contributed by atoms with Gasteiger partial charge in [0.05, 0.1) is 5.92 Å². The van der Waals surface area contributed by atoms with Gasteiger partial charge in [0.15, 0.2) is 0 Å². The van der Waals surface area contributed by atoms with E-state index in [1.807, 2.05) is 0 Å². The van der Waals surface area contributed by atoms with Crippen LogP contribution < -0.4 is 0 Å². The maximum Gasteiger partial charge on any atom is 0.304 e. The summed E-state index contributed by atoms with van der Waals surface area (Å²) in [6.45, 7) is 9.40. The van der Waals surface area contributed by atoms with Crippen LogP contribution in [0.5, 0.6) is 0 Å². The van der Waals surface area contributed by atoms with E-state index in [-0.39, 0.29) is 28.4 Å². The molecule has 3 aliphatic rings. The zero-order chi connectivity index (χ0) is 20.0. The minimum absolute atomic E-state index is 0.0515. The Bertz CT molecular complexity index is 626. The lowest BCUT2D eigenvalue weighted by Crippen LogP contribution is -2.48. The van der Waals surface area contributed by atoms with Crippen LogP contribution in [0.25, 0.3) is 0 Å². The van der Waals surface area contributed by atoms with Crippen LogP contribution in [0.1, 0.15) is 73.1 Å². The van der Waals surface area contributed by atoms with Crippen LogP contribution in [-0.2, 0) is 28.6 Å². The second-order valence-electron chi connectivity index (χ2n) is 9.66. The van der Waals surface area contributed by atoms with E-state index < -0.39 is 30.4 Å². The lowest BCUT2D eigenvalue weighted by atomic mass is 9.55. The number of carbonyl (C=O) groups is 3. The Labute approximate surface area is 161 Å². The molecule has 0 aromatic rings. The van der Waals surface area contributed by atoms with Crippen molar-refractivity contribution >= 4 is 17.7 Å². The Morgan fingerprint density at radius 3 is 2.22 bits per heavy atom. The van der Waals surface area contributed by atoms with Crippen molar-refractivity contribution in [2.24, 2.45) is 28.6 Å². The topological polar surface area (TPSA) is 78.9 Å². The van der Waals surface area contributed by atoms with Gasteiger partial charge in [0.2, 0.25) is 12.6 Å². The van der Waals surface area contributed by atoms with Crippen molar-refractivity contribution in [2.45, 2.75) is 85.7 Å². The standard InChI is InChI=1S/C21H32O6/c1-12(22)25-18-14-7-8-15(21(5)10-6-9-20(3,4)11-21)17(24)16(14)19(27-18)26-13(2)23/h14-16,18-19H,6-11H2,1-5H3. The van der Waals surface area contributed by atoms with Gasteiger partial charge in [-0.1, -0.05) is 27.2 Å². The molecule has 1 aliphatic heterocycles. The largest absolute Gasteiger partial charge is 0.435 e. The van der Waals surface area contributed by atoms with Gasteiger partial charge in [-0.15, -0.1) is 0 Å². The Kier molecular flexibility index (Phi) is 5.41. The van der Waals surface area contributed by atoms with E-state index in [0.717, 1.165) is 32.1 Å². The third kappa shape index (κ3) is 4.05. The quantitative estimate of drug-likeness (QED) is 0.696. The van der Waals surface area contributed by atoms with Crippen LogP contribution in [0.4, 0.5) is 0 Å². The maximum absolute atomic E-state index is 13.5. The average molecular weight is 380 g/mol. The molecule has 3 rings (SSSR count). The molecular formula is C21H32O6. The molecule has 0 aromatic heterocycles. The first-order valence-corrected chi connectivity index (χ1v) is 10.1. The second-order valence-corrected chi connectivity index (χ2v) is 9.66. The highest BCUT2D eigenvalue weighted by molar-refractivity contribution is 5.86. The summed E-state index contributed by atoms with van der Waals surface area (Å²) in [5, 5.41) is 0. The molecule has 6 atom stereocenters. The summed E-state index contributed by atoms with van der Waals surface area (Å²) in [6.07, 6.45) is 4.07. The Morgan fingerprint density at radius 1 is 1.00 bits per heavy atom. The number of Topliss-reactive ketones (excluding diaryl/α,β-unsaturated/α-hetero) is 1. The van der Waals surface area contributed by atoms with Crippen molar-refractivity contribution < 1.29 is 28.6 Å². The molecule has 0 N–H and O–H groups in total. The fourth-order valence-electron chi connectivity index (χ4n) is 5.86. The van der Waals surface area contributed by atoms with E-state index in [9.17, 15) is 14.4 Å². The molecule has 2 aliphatic carbocycles. The molecule has 0 bridgehead atoms. The number of carbonyl (C=O) groups excluding carboxylic acids is 3. The summed E-state index contributed by atoms with van der Waals surface area (Å²) in [7, 11) is 0. The third-order valence-corrected chi connectivity index (χ3v) is 6.72. The number of ether oxygens (including phenoxy) is 3. The molecule has 6 heteroatoms. The van der Waals surface area contributed by atoms with Crippen molar-refractivity contribution in [3.63, 3.8) is 0 Å². The normalized spacial score (nSPS) is 40.9. The van der Waals surface area contributed by atoms with Gasteiger partial charge in [0.1, 0.15) is 5.78 Å². The predicted octanol–water partition coefficient (Wildman–Crippen LogP) is 3.61. The molecule has 1 saturated heterocycles. The molecule has 27 heavy (non-hydrogen) atoms. The zero-order valence-corrected chi connectivity index (χ0v) is 17.1. The molecule has 0 spiro atoms. The maximum atomic E-state index is 13.5. The minimum atomic E-state index is -0.965. The molecule has 0 amide bonds. The number of hydrogen-bond acceptors (Lipinski definition) is 6. The summed E-state index contributed by atoms with van der Waals surface area (Å²) in [4.78, 5) is 36.5. The van der Waals surface area contributed by atoms with Crippen molar-refractivity contribution in [3.8, 4) is 0 Å². The van der Waals surface area contributed by atoms with Gasteiger partial charge < -0.3 is 14.2 Å². The van der Waals surface area contributed by atoms with Crippen LogP contribution in [-0.4, -0.2) is 30.3 Å². The third-order valence-electron chi connectivity index (χ3n) is 6.72. The van der Waals surface area contributed by atoms with E-state index in [2.05, 4.69) is 20.8 Å². The van der Waals surface area contributed by atoms with Crippen molar-refractivity contribution in [2.75, 3.05) is 0 Å². The highest BCUT2D eigenvalue weighted by Gasteiger charge is 2.58. The van der Waals surface area contributed by atoms with Crippen LogP contribution in [0.2, 0.25) is 0 Å². The molecule has 152 valence electrons. The van der Waals surface area contributed by atoms with E-state index in [1.54, 1.807) is 0 Å². The van der Waals surface area contributed by atoms with E-state index in [4.69, 9.17) is 14.2 Å².